The molecule has 2 aromatic rings. The van der Waals surface area contributed by atoms with E-state index in [0.717, 1.165) is 5.56 Å². The smallest absolute Gasteiger partial charge is 0.412 e. The van der Waals surface area contributed by atoms with E-state index in [1.807, 2.05) is 49.1 Å². The number of carbonyl (C=O) groups is 3. The minimum absolute atomic E-state index is 0.0679. The number of carbonyl (C=O) groups excluding carboxylic acids is 3. The first-order valence-electron chi connectivity index (χ1n) is 11.2. The average molecular weight is 452 g/mol. The average Bonchev–Trinajstić information content (AvgIpc) is 2.78. The van der Waals surface area contributed by atoms with E-state index in [1.165, 1.54) is 0 Å². The largest absolute Gasteiger partial charge is 0.444 e. The van der Waals surface area contributed by atoms with Gasteiger partial charge in [0.25, 0.3) is 5.91 Å². The summed E-state index contributed by atoms with van der Waals surface area (Å²) in [4.78, 5) is 41.6. The summed E-state index contributed by atoms with van der Waals surface area (Å²) in [6.45, 7) is 11.2. The van der Waals surface area contributed by atoms with Gasteiger partial charge in [-0.2, -0.15) is 0 Å². The molecule has 0 aliphatic carbocycles. The summed E-state index contributed by atoms with van der Waals surface area (Å²) in [6.07, 6.45) is -0.541. The molecule has 3 amide bonds. The van der Waals surface area contributed by atoms with Gasteiger partial charge in [0.2, 0.25) is 5.91 Å². The van der Waals surface area contributed by atoms with Crippen molar-refractivity contribution in [2.24, 2.45) is 0 Å². The molecular weight excluding hydrogens is 418 g/mol. The van der Waals surface area contributed by atoms with Crippen LogP contribution in [0.5, 0.6) is 0 Å². The van der Waals surface area contributed by atoms with E-state index in [0.29, 0.717) is 37.4 Å². The van der Waals surface area contributed by atoms with E-state index >= 15 is 0 Å². The number of anilines is 1. The predicted octanol–water partition coefficient (Wildman–Crippen LogP) is 4.30. The summed E-state index contributed by atoms with van der Waals surface area (Å²) in [6, 6.07) is 16.5. The Hall–Kier alpha value is -3.35. The molecule has 3 rings (SSSR count). The Balaban J connectivity index is 1.56. The number of ether oxygens (including phenoxy) is 1. The zero-order valence-electron chi connectivity index (χ0n) is 20.1. The minimum atomic E-state index is -0.621. The molecule has 1 fully saturated rings. The molecule has 1 saturated heterocycles. The van der Waals surface area contributed by atoms with Gasteiger partial charge in [-0.05, 0) is 64.4 Å². The Labute approximate surface area is 195 Å². The maximum atomic E-state index is 13.2. The SMILES string of the molecule is CC(C)(C)OC(=O)Nc1ccc(C(=O)N2CCN(C(=O)C(C)(C)c3ccccc3)CC2)cc1. The van der Waals surface area contributed by atoms with Crippen molar-refractivity contribution in [3.8, 4) is 0 Å². The Morgan fingerprint density at radius 2 is 1.33 bits per heavy atom. The molecule has 7 heteroatoms. The Bertz CT molecular complexity index is 986. The van der Waals surface area contributed by atoms with Crippen molar-refractivity contribution in [3.63, 3.8) is 0 Å². The van der Waals surface area contributed by atoms with Gasteiger partial charge < -0.3 is 14.5 Å². The quantitative estimate of drug-likeness (QED) is 0.752. The predicted molar refractivity (Wildman–Crippen MR) is 128 cm³/mol. The van der Waals surface area contributed by atoms with Gasteiger partial charge in [-0.1, -0.05) is 30.3 Å². The van der Waals surface area contributed by atoms with Crippen LogP contribution in [0.25, 0.3) is 0 Å². The minimum Gasteiger partial charge on any atom is -0.444 e. The zero-order chi connectivity index (χ0) is 24.2. The number of hydrogen-bond donors (Lipinski definition) is 1. The fraction of sp³-hybridized carbons (Fsp3) is 0.423. The van der Waals surface area contributed by atoms with Crippen molar-refractivity contribution in [1.29, 1.82) is 0 Å². The van der Waals surface area contributed by atoms with Crippen LogP contribution in [0.1, 0.15) is 50.5 Å². The second-order valence-corrected chi connectivity index (χ2v) is 9.78. The standard InChI is InChI=1S/C26H33N3O4/c1-25(2,3)33-24(32)27-21-13-11-19(12-14-21)22(30)28-15-17-29(18-16-28)23(31)26(4,5)20-9-7-6-8-10-20/h6-14H,15-18H2,1-5H3,(H,27,32). The monoisotopic (exact) mass is 451 g/mol. The number of benzene rings is 2. The van der Waals surface area contributed by atoms with Crippen LogP contribution in [0.15, 0.2) is 54.6 Å². The molecule has 7 nitrogen and oxygen atoms in total. The first kappa shape index (κ1) is 24.3. The van der Waals surface area contributed by atoms with Gasteiger partial charge in [0, 0.05) is 37.4 Å². The van der Waals surface area contributed by atoms with Crippen molar-refractivity contribution in [2.45, 2.75) is 45.6 Å². The van der Waals surface area contributed by atoms with E-state index in [4.69, 9.17) is 4.74 Å². The number of piperazine rings is 1. The summed E-state index contributed by atoms with van der Waals surface area (Å²) in [5, 5.41) is 2.66. The highest BCUT2D eigenvalue weighted by atomic mass is 16.6. The molecule has 33 heavy (non-hydrogen) atoms. The van der Waals surface area contributed by atoms with Crippen molar-refractivity contribution in [2.75, 3.05) is 31.5 Å². The third kappa shape index (κ3) is 6.12. The van der Waals surface area contributed by atoms with Gasteiger partial charge in [0.05, 0.1) is 5.41 Å². The molecule has 1 heterocycles. The number of amides is 3. The third-order valence-corrected chi connectivity index (χ3v) is 5.66. The molecule has 1 aliphatic rings. The molecule has 2 aromatic carbocycles. The van der Waals surface area contributed by atoms with Crippen LogP contribution in [0.3, 0.4) is 0 Å². The first-order chi connectivity index (χ1) is 15.5. The maximum Gasteiger partial charge on any atom is 0.412 e. The summed E-state index contributed by atoms with van der Waals surface area (Å²) in [5.74, 6) is -0.0217. The topological polar surface area (TPSA) is 79.0 Å². The lowest BCUT2D eigenvalue weighted by atomic mass is 9.83. The molecule has 0 radical (unpaired) electrons. The highest BCUT2D eigenvalue weighted by Crippen LogP contribution is 2.26. The molecule has 1 aliphatic heterocycles. The second kappa shape index (κ2) is 9.65. The van der Waals surface area contributed by atoms with E-state index in [1.54, 1.807) is 49.9 Å². The third-order valence-electron chi connectivity index (χ3n) is 5.66. The molecule has 0 bridgehead atoms. The van der Waals surface area contributed by atoms with E-state index < -0.39 is 17.1 Å². The fourth-order valence-electron chi connectivity index (χ4n) is 3.79. The van der Waals surface area contributed by atoms with Crippen LogP contribution in [0.2, 0.25) is 0 Å². The summed E-state index contributed by atoms with van der Waals surface area (Å²) in [7, 11) is 0. The van der Waals surface area contributed by atoms with Crippen molar-refractivity contribution in [3.05, 3.63) is 65.7 Å². The van der Waals surface area contributed by atoms with Crippen LogP contribution in [0, 0.1) is 0 Å². The molecule has 176 valence electrons. The molecule has 0 atom stereocenters. The fourth-order valence-corrected chi connectivity index (χ4v) is 3.79. The number of nitrogens with one attached hydrogen (secondary N) is 1. The van der Waals surface area contributed by atoms with Crippen LogP contribution in [0.4, 0.5) is 10.5 Å². The lowest BCUT2D eigenvalue weighted by molar-refractivity contribution is -0.137. The Morgan fingerprint density at radius 1 is 0.788 bits per heavy atom. The first-order valence-corrected chi connectivity index (χ1v) is 11.2. The number of nitrogens with zero attached hydrogens (tertiary/aromatic N) is 2. The Kier molecular flexibility index (Phi) is 7.10. The summed E-state index contributed by atoms with van der Waals surface area (Å²) >= 11 is 0. The van der Waals surface area contributed by atoms with Gasteiger partial charge in [-0.25, -0.2) is 4.79 Å². The van der Waals surface area contributed by atoms with Crippen LogP contribution in [-0.4, -0.2) is 59.5 Å². The second-order valence-electron chi connectivity index (χ2n) is 9.78. The van der Waals surface area contributed by atoms with E-state index in [2.05, 4.69) is 5.32 Å². The van der Waals surface area contributed by atoms with Gasteiger partial charge in [0.15, 0.2) is 0 Å². The molecule has 1 N–H and O–H groups in total. The summed E-state index contributed by atoms with van der Waals surface area (Å²) < 4.78 is 5.24. The zero-order valence-corrected chi connectivity index (χ0v) is 20.1. The molecule has 0 unspecified atom stereocenters. The van der Waals surface area contributed by atoms with Crippen LogP contribution in [-0.2, 0) is 14.9 Å². The van der Waals surface area contributed by atoms with Crippen molar-refractivity contribution >= 4 is 23.6 Å². The molecule has 0 aromatic heterocycles. The molecule has 0 spiro atoms. The number of hydrogen-bond acceptors (Lipinski definition) is 4. The van der Waals surface area contributed by atoms with E-state index in [-0.39, 0.29) is 11.8 Å². The van der Waals surface area contributed by atoms with Gasteiger partial charge in [-0.15, -0.1) is 0 Å². The highest BCUT2D eigenvalue weighted by molar-refractivity contribution is 5.95. The molecule has 0 saturated carbocycles. The van der Waals surface area contributed by atoms with Crippen molar-refractivity contribution in [1.82, 2.24) is 9.80 Å². The lowest BCUT2D eigenvalue weighted by Gasteiger charge is -2.38. The maximum absolute atomic E-state index is 13.2. The summed E-state index contributed by atoms with van der Waals surface area (Å²) in [5.41, 5.74) is 0.867. The molecular formula is C26H33N3O4. The van der Waals surface area contributed by atoms with Gasteiger partial charge in [-0.3, -0.25) is 14.9 Å². The normalized spacial score (nSPS) is 14.6. The van der Waals surface area contributed by atoms with Crippen LogP contribution >= 0.6 is 0 Å². The Morgan fingerprint density at radius 3 is 1.88 bits per heavy atom. The van der Waals surface area contributed by atoms with Gasteiger partial charge in [0.1, 0.15) is 5.60 Å². The lowest BCUT2D eigenvalue weighted by Crippen LogP contribution is -2.54. The van der Waals surface area contributed by atoms with Crippen molar-refractivity contribution < 1.29 is 19.1 Å². The van der Waals surface area contributed by atoms with E-state index in [9.17, 15) is 14.4 Å². The number of rotatable bonds is 4. The van der Waals surface area contributed by atoms with Crippen LogP contribution < -0.4 is 5.32 Å². The van der Waals surface area contributed by atoms with Gasteiger partial charge >= 0.3 is 6.09 Å². The highest BCUT2D eigenvalue weighted by Gasteiger charge is 2.35.